The second-order valence-electron chi connectivity index (χ2n) is 3.83. The molecule has 1 rings (SSSR count). The summed E-state index contributed by atoms with van der Waals surface area (Å²) in [5.41, 5.74) is 6.90. The van der Waals surface area contributed by atoms with Gasteiger partial charge in [-0.25, -0.2) is 0 Å². The topological polar surface area (TPSA) is 29.3 Å². The third-order valence-corrected chi connectivity index (χ3v) is 4.12. The molecule has 0 unspecified atom stereocenters. The molecule has 0 radical (unpaired) electrons. The molecule has 0 aromatic heterocycles. The fourth-order valence-corrected chi connectivity index (χ4v) is 3.01. The molecule has 1 aromatic carbocycles. The lowest BCUT2D eigenvalue weighted by atomic mass is 10.2. The van der Waals surface area contributed by atoms with Gasteiger partial charge in [0.25, 0.3) is 0 Å². The fraction of sp³-hybridized carbons (Fsp3) is 0.538. The van der Waals surface area contributed by atoms with Gasteiger partial charge in [0, 0.05) is 28.8 Å². The summed E-state index contributed by atoms with van der Waals surface area (Å²) >= 11 is 7.84. The highest BCUT2D eigenvalue weighted by molar-refractivity contribution is 7.99. The van der Waals surface area contributed by atoms with Crippen molar-refractivity contribution in [2.24, 2.45) is 5.73 Å². The molecule has 17 heavy (non-hydrogen) atoms. The predicted octanol–water partition coefficient (Wildman–Crippen LogP) is 3.23. The van der Waals surface area contributed by atoms with Gasteiger partial charge < -0.3 is 10.6 Å². The molecule has 2 nitrogen and oxygen atoms in total. The zero-order valence-corrected chi connectivity index (χ0v) is 12.2. The number of hydrogen-bond donors (Lipinski definition) is 1. The standard InChI is InChI=1S/C13H21ClN2S/c1-3-16(4-2)7-8-17-13-9-12(14)6-5-11(13)10-15/h5-6,9H,3-4,7-8,10,15H2,1-2H3. The largest absolute Gasteiger partial charge is 0.326 e. The van der Waals surface area contributed by atoms with Gasteiger partial charge in [-0.3, -0.25) is 0 Å². The van der Waals surface area contributed by atoms with Crippen LogP contribution < -0.4 is 5.73 Å². The van der Waals surface area contributed by atoms with E-state index in [1.165, 1.54) is 10.5 Å². The van der Waals surface area contributed by atoms with Gasteiger partial charge in [0.05, 0.1) is 0 Å². The average molecular weight is 273 g/mol. The van der Waals surface area contributed by atoms with Gasteiger partial charge in [-0.1, -0.05) is 31.5 Å². The third kappa shape index (κ3) is 4.88. The minimum Gasteiger partial charge on any atom is -0.326 e. The molecule has 0 spiro atoms. The van der Waals surface area contributed by atoms with Crippen LogP contribution in [-0.2, 0) is 6.54 Å². The number of nitrogens with zero attached hydrogens (tertiary/aromatic N) is 1. The fourth-order valence-electron chi connectivity index (χ4n) is 1.66. The quantitative estimate of drug-likeness (QED) is 0.773. The van der Waals surface area contributed by atoms with Crippen molar-refractivity contribution >= 4 is 23.4 Å². The number of hydrogen-bond acceptors (Lipinski definition) is 3. The maximum Gasteiger partial charge on any atom is 0.0417 e. The second kappa shape index (κ2) is 7.98. The zero-order valence-electron chi connectivity index (χ0n) is 10.6. The predicted molar refractivity (Wildman–Crippen MR) is 77.9 cm³/mol. The first-order valence-corrected chi connectivity index (χ1v) is 7.41. The lowest BCUT2D eigenvalue weighted by molar-refractivity contribution is 0.324. The summed E-state index contributed by atoms with van der Waals surface area (Å²) in [6, 6.07) is 5.93. The Kier molecular flexibility index (Phi) is 6.97. The lowest BCUT2D eigenvalue weighted by Crippen LogP contribution is -2.25. The molecule has 0 aliphatic heterocycles. The van der Waals surface area contributed by atoms with Gasteiger partial charge in [0.15, 0.2) is 0 Å². The highest BCUT2D eigenvalue weighted by atomic mass is 35.5. The molecule has 4 heteroatoms. The van der Waals surface area contributed by atoms with Gasteiger partial charge >= 0.3 is 0 Å². The Bertz CT molecular complexity index is 340. The van der Waals surface area contributed by atoms with Crippen molar-refractivity contribution in [3.8, 4) is 0 Å². The normalized spacial score (nSPS) is 11.1. The zero-order chi connectivity index (χ0) is 12.7. The molecule has 0 saturated heterocycles. The maximum atomic E-state index is 6.01. The number of halogens is 1. The van der Waals surface area contributed by atoms with Crippen molar-refractivity contribution in [3.63, 3.8) is 0 Å². The summed E-state index contributed by atoms with van der Waals surface area (Å²) in [6.45, 7) is 8.28. The van der Waals surface area contributed by atoms with Crippen LogP contribution in [0.4, 0.5) is 0 Å². The van der Waals surface area contributed by atoms with Crippen LogP contribution in [-0.4, -0.2) is 30.3 Å². The maximum absolute atomic E-state index is 6.01. The molecule has 0 aliphatic carbocycles. The van der Waals surface area contributed by atoms with Crippen molar-refractivity contribution in [1.82, 2.24) is 4.90 Å². The first-order chi connectivity index (χ1) is 8.21. The van der Waals surface area contributed by atoms with E-state index < -0.39 is 0 Å². The first kappa shape index (κ1) is 14.8. The molecule has 0 fully saturated rings. The summed E-state index contributed by atoms with van der Waals surface area (Å²) in [5, 5.41) is 0.785. The van der Waals surface area contributed by atoms with Gasteiger partial charge in [-0.15, -0.1) is 11.8 Å². The van der Waals surface area contributed by atoms with Gasteiger partial charge in [0.2, 0.25) is 0 Å². The molecule has 2 N–H and O–H groups in total. The molecule has 1 aromatic rings. The van der Waals surface area contributed by atoms with Crippen molar-refractivity contribution in [3.05, 3.63) is 28.8 Å². The number of thioether (sulfide) groups is 1. The van der Waals surface area contributed by atoms with E-state index in [1.807, 2.05) is 30.0 Å². The Morgan fingerprint density at radius 3 is 2.59 bits per heavy atom. The minimum atomic E-state index is 0.574. The summed E-state index contributed by atoms with van der Waals surface area (Å²) in [6.07, 6.45) is 0. The van der Waals surface area contributed by atoms with Gasteiger partial charge in [-0.05, 0) is 30.8 Å². The summed E-state index contributed by atoms with van der Waals surface area (Å²) in [4.78, 5) is 3.63. The highest BCUT2D eigenvalue weighted by Crippen LogP contribution is 2.26. The molecule has 0 amide bonds. The van der Waals surface area contributed by atoms with E-state index in [-0.39, 0.29) is 0 Å². The van der Waals surface area contributed by atoms with E-state index in [9.17, 15) is 0 Å². The van der Waals surface area contributed by atoms with Crippen molar-refractivity contribution in [2.45, 2.75) is 25.3 Å². The highest BCUT2D eigenvalue weighted by Gasteiger charge is 2.04. The number of benzene rings is 1. The second-order valence-corrected chi connectivity index (χ2v) is 5.40. The van der Waals surface area contributed by atoms with E-state index in [0.717, 1.165) is 30.4 Å². The summed E-state index contributed by atoms with van der Waals surface area (Å²) in [7, 11) is 0. The molecule has 0 aliphatic rings. The van der Waals surface area contributed by atoms with Crippen LogP contribution in [0.5, 0.6) is 0 Å². The van der Waals surface area contributed by atoms with Crippen LogP contribution in [0.15, 0.2) is 23.1 Å². The Hall–Kier alpha value is -0.220. The summed E-state index contributed by atoms with van der Waals surface area (Å²) < 4.78 is 0. The van der Waals surface area contributed by atoms with Crippen LogP contribution in [0.1, 0.15) is 19.4 Å². The molecule has 0 heterocycles. The first-order valence-electron chi connectivity index (χ1n) is 6.04. The van der Waals surface area contributed by atoms with Gasteiger partial charge in [0.1, 0.15) is 0 Å². The Morgan fingerprint density at radius 1 is 1.29 bits per heavy atom. The Morgan fingerprint density at radius 2 is 2.00 bits per heavy atom. The van der Waals surface area contributed by atoms with E-state index in [1.54, 1.807) is 0 Å². The lowest BCUT2D eigenvalue weighted by Gasteiger charge is -2.17. The van der Waals surface area contributed by atoms with E-state index >= 15 is 0 Å². The van der Waals surface area contributed by atoms with E-state index in [2.05, 4.69) is 18.7 Å². The Balaban J connectivity index is 2.53. The van der Waals surface area contributed by atoms with Crippen molar-refractivity contribution < 1.29 is 0 Å². The van der Waals surface area contributed by atoms with Crippen molar-refractivity contribution in [1.29, 1.82) is 0 Å². The van der Waals surface area contributed by atoms with Crippen LogP contribution in [0, 0.1) is 0 Å². The molecule has 0 atom stereocenters. The van der Waals surface area contributed by atoms with Crippen LogP contribution in [0.3, 0.4) is 0 Å². The Labute approximate surface area is 114 Å². The molecule has 0 saturated carbocycles. The van der Waals surface area contributed by atoms with E-state index in [0.29, 0.717) is 6.54 Å². The van der Waals surface area contributed by atoms with Crippen LogP contribution >= 0.6 is 23.4 Å². The SMILES string of the molecule is CCN(CC)CCSc1cc(Cl)ccc1CN. The number of nitrogens with two attached hydrogens (primary N) is 1. The summed E-state index contributed by atoms with van der Waals surface area (Å²) in [5.74, 6) is 1.08. The molecule has 96 valence electrons. The smallest absolute Gasteiger partial charge is 0.0417 e. The van der Waals surface area contributed by atoms with Crippen LogP contribution in [0.2, 0.25) is 5.02 Å². The molecule has 0 bridgehead atoms. The van der Waals surface area contributed by atoms with Crippen LogP contribution in [0.25, 0.3) is 0 Å². The van der Waals surface area contributed by atoms with Gasteiger partial charge in [-0.2, -0.15) is 0 Å². The van der Waals surface area contributed by atoms with Crippen molar-refractivity contribution in [2.75, 3.05) is 25.4 Å². The monoisotopic (exact) mass is 272 g/mol. The average Bonchev–Trinajstić information content (AvgIpc) is 2.35. The van der Waals surface area contributed by atoms with E-state index in [4.69, 9.17) is 17.3 Å². The molecular formula is C13H21ClN2S. The minimum absolute atomic E-state index is 0.574. The third-order valence-electron chi connectivity index (χ3n) is 2.81. The molecular weight excluding hydrogens is 252 g/mol. The number of rotatable bonds is 7.